The monoisotopic (exact) mass is 509 g/mol. The Hall–Kier alpha value is -4.24. The summed E-state index contributed by atoms with van der Waals surface area (Å²) in [6, 6.07) is 24.5. The van der Waals surface area contributed by atoms with Crippen LogP contribution < -0.4 is 14.4 Å². The van der Waals surface area contributed by atoms with E-state index < -0.39 is 0 Å². The lowest BCUT2D eigenvalue weighted by molar-refractivity contribution is -0.519. The normalized spacial score (nSPS) is 16.2. The minimum absolute atomic E-state index is 1.13. The predicted octanol–water partition coefficient (Wildman–Crippen LogP) is 5.92. The summed E-state index contributed by atoms with van der Waals surface area (Å²) in [7, 11) is 4.22. The van der Waals surface area contributed by atoms with Crippen LogP contribution in [-0.4, -0.2) is 31.4 Å². The first-order valence-corrected chi connectivity index (χ1v) is 14.2. The molecule has 3 aliphatic rings. The molecule has 0 radical (unpaired) electrons. The van der Waals surface area contributed by atoms with Gasteiger partial charge in [-0.1, -0.05) is 48.5 Å². The average Bonchev–Trinajstić information content (AvgIpc) is 3.25. The predicted molar refractivity (Wildman–Crippen MR) is 162 cm³/mol. The van der Waals surface area contributed by atoms with E-state index in [4.69, 9.17) is 0 Å². The van der Waals surface area contributed by atoms with Crippen LogP contribution in [0.4, 0.5) is 5.69 Å². The van der Waals surface area contributed by atoms with E-state index in [2.05, 4.69) is 131 Å². The van der Waals surface area contributed by atoms with Crippen LogP contribution in [0.2, 0.25) is 0 Å². The second kappa shape index (κ2) is 9.81. The van der Waals surface area contributed by atoms with E-state index in [1.54, 1.807) is 0 Å². The number of aryl methyl sites for hydroxylation is 1. The molecule has 3 aliphatic heterocycles. The number of pyridine rings is 1. The second-order valence-corrected chi connectivity index (χ2v) is 11.1. The van der Waals surface area contributed by atoms with E-state index in [9.17, 15) is 0 Å². The van der Waals surface area contributed by atoms with Gasteiger partial charge in [0, 0.05) is 62.1 Å². The van der Waals surface area contributed by atoms with Crippen molar-refractivity contribution in [3.8, 4) is 0 Å². The van der Waals surface area contributed by atoms with Gasteiger partial charge in [-0.15, -0.1) is 0 Å². The van der Waals surface area contributed by atoms with E-state index in [1.807, 2.05) is 0 Å². The molecule has 0 bridgehead atoms. The number of allylic oxidation sites excluding steroid dienone is 2. The van der Waals surface area contributed by atoms with Crippen molar-refractivity contribution in [2.45, 2.75) is 32.1 Å². The molecule has 0 saturated heterocycles. The third-order valence-electron chi connectivity index (χ3n) is 8.40. The molecule has 0 saturated carbocycles. The van der Waals surface area contributed by atoms with Crippen molar-refractivity contribution in [3.05, 3.63) is 123 Å². The molecular weight excluding hydrogens is 474 g/mol. The number of fused-ring (bicyclic) bond motifs is 6. The second-order valence-electron chi connectivity index (χ2n) is 11.1. The molecule has 0 N–H and O–H groups in total. The molecule has 1 aromatic heterocycles. The zero-order valence-electron chi connectivity index (χ0n) is 22.9. The van der Waals surface area contributed by atoms with Crippen LogP contribution in [-0.2, 0) is 6.42 Å². The van der Waals surface area contributed by atoms with Crippen molar-refractivity contribution in [3.63, 3.8) is 0 Å². The maximum Gasteiger partial charge on any atom is 0.219 e. The van der Waals surface area contributed by atoms with Crippen molar-refractivity contribution in [2.24, 2.45) is 0 Å². The van der Waals surface area contributed by atoms with Crippen molar-refractivity contribution in [2.75, 3.05) is 25.5 Å². The van der Waals surface area contributed by atoms with Gasteiger partial charge in [0.25, 0.3) is 0 Å². The zero-order valence-corrected chi connectivity index (χ0v) is 22.9. The Balaban J connectivity index is 1.46. The summed E-state index contributed by atoms with van der Waals surface area (Å²) in [4.78, 5) is 2.19. The van der Waals surface area contributed by atoms with Gasteiger partial charge in [-0.2, -0.15) is 4.24 Å². The minimum atomic E-state index is 1.13. The number of benzene rings is 3. The molecule has 7 rings (SSSR count). The Morgan fingerprint density at radius 3 is 2.56 bits per heavy atom. The lowest BCUT2D eigenvalue weighted by atomic mass is 9.97. The largest absolute Gasteiger partial charge is 0.377 e. The summed E-state index contributed by atoms with van der Waals surface area (Å²) < 4.78 is 4.88. The van der Waals surface area contributed by atoms with E-state index in [1.165, 1.54) is 79.5 Å². The SMILES string of the molecule is CN(C)c1ccc(C=CC2=Cc3ccc4c(c3=c3cccc[n+]3=C2)=C2CCCC=[N+]2CCC4)c2ccccc12. The van der Waals surface area contributed by atoms with E-state index in [0.29, 0.717) is 0 Å². The van der Waals surface area contributed by atoms with Crippen molar-refractivity contribution < 1.29 is 8.82 Å². The quantitative estimate of drug-likeness (QED) is 0.312. The smallest absolute Gasteiger partial charge is 0.219 e. The molecule has 0 unspecified atom stereocenters. The van der Waals surface area contributed by atoms with Crippen LogP contribution in [0, 0.1) is 16.8 Å². The number of aromatic nitrogens is 1. The third kappa shape index (κ3) is 4.23. The fraction of sp³-hybridized carbons (Fsp3) is 0.222. The summed E-state index contributed by atoms with van der Waals surface area (Å²) in [6.07, 6.45) is 19.7. The Bertz CT molecular complexity index is 1940. The summed E-state index contributed by atoms with van der Waals surface area (Å²) >= 11 is 0. The van der Waals surface area contributed by atoms with Crippen LogP contribution in [0.5, 0.6) is 0 Å². The zero-order chi connectivity index (χ0) is 26.3. The number of hydrogen-bond donors (Lipinski definition) is 0. The van der Waals surface area contributed by atoms with Gasteiger partial charge in [-0.05, 0) is 59.2 Å². The van der Waals surface area contributed by atoms with Crippen LogP contribution in [0.3, 0.4) is 0 Å². The maximum absolute atomic E-state index is 2.56. The lowest BCUT2D eigenvalue weighted by Gasteiger charge is -2.16. The Kier molecular flexibility index (Phi) is 6.00. The Labute approximate surface area is 230 Å². The van der Waals surface area contributed by atoms with Crippen LogP contribution in [0.1, 0.15) is 42.4 Å². The average molecular weight is 510 g/mol. The Morgan fingerprint density at radius 1 is 0.795 bits per heavy atom. The van der Waals surface area contributed by atoms with Gasteiger partial charge in [0.2, 0.25) is 5.35 Å². The summed E-state index contributed by atoms with van der Waals surface area (Å²) in [5.41, 5.74) is 7.98. The lowest BCUT2D eigenvalue weighted by Crippen LogP contribution is -2.26. The molecule has 3 heteroatoms. The van der Waals surface area contributed by atoms with Gasteiger partial charge in [0.15, 0.2) is 18.1 Å². The molecule has 4 aromatic rings. The molecule has 3 aromatic carbocycles. The fourth-order valence-electron chi connectivity index (χ4n) is 6.58. The molecule has 192 valence electrons. The van der Waals surface area contributed by atoms with Crippen LogP contribution in [0.15, 0.2) is 84.6 Å². The molecule has 0 fully saturated rings. The summed E-state index contributed by atoms with van der Waals surface area (Å²) in [5, 5.41) is 6.68. The topological polar surface area (TPSA) is 12.2 Å². The van der Waals surface area contributed by atoms with E-state index >= 15 is 0 Å². The van der Waals surface area contributed by atoms with E-state index in [0.717, 1.165) is 19.4 Å². The number of nitrogens with zero attached hydrogens (tertiary/aromatic N) is 3. The molecule has 4 heterocycles. The van der Waals surface area contributed by atoms with E-state index in [-0.39, 0.29) is 0 Å². The fourth-order valence-corrected chi connectivity index (χ4v) is 6.58. The van der Waals surface area contributed by atoms with Crippen molar-refractivity contribution in [1.82, 2.24) is 0 Å². The molecule has 0 aliphatic carbocycles. The molecular formula is C36H35N3+2. The standard InChI is InChI=1S/C36H35N3/c1-37(2)32-20-19-27(30-11-3-4-12-31(30)32)16-15-26-24-29-18-17-28-10-9-23-38-21-7-5-13-33(38)35(28)36(29)34-14-6-8-22-39(34)25-26/h3-4,6,8,11-12,14-22,24-25H,5,7,9-10,13,23H2,1-2H3/q+2. The van der Waals surface area contributed by atoms with Gasteiger partial charge >= 0.3 is 0 Å². The third-order valence-corrected chi connectivity index (χ3v) is 8.40. The highest BCUT2D eigenvalue weighted by atomic mass is 15.1. The number of rotatable bonds is 3. The first-order valence-electron chi connectivity index (χ1n) is 14.2. The van der Waals surface area contributed by atoms with Gasteiger partial charge in [-0.25, -0.2) is 4.58 Å². The van der Waals surface area contributed by atoms with Crippen molar-refractivity contribution >= 4 is 40.5 Å². The first-order chi connectivity index (χ1) is 19.2. The molecule has 39 heavy (non-hydrogen) atoms. The van der Waals surface area contributed by atoms with Gasteiger partial charge in [0.05, 0.1) is 10.4 Å². The Morgan fingerprint density at radius 2 is 1.67 bits per heavy atom. The first kappa shape index (κ1) is 23.8. The number of anilines is 1. The van der Waals surface area contributed by atoms with Gasteiger partial charge < -0.3 is 4.90 Å². The highest BCUT2D eigenvalue weighted by Crippen LogP contribution is 2.29. The van der Waals surface area contributed by atoms with Crippen LogP contribution >= 0.6 is 0 Å². The van der Waals surface area contributed by atoms with Gasteiger partial charge in [-0.3, -0.25) is 0 Å². The molecule has 0 atom stereocenters. The highest BCUT2D eigenvalue weighted by Gasteiger charge is 2.25. The van der Waals surface area contributed by atoms with Crippen LogP contribution in [0.25, 0.3) is 28.6 Å². The van der Waals surface area contributed by atoms with Crippen molar-refractivity contribution in [1.29, 1.82) is 0 Å². The summed E-state index contributed by atoms with van der Waals surface area (Å²) in [6.45, 7) is 1.13. The van der Waals surface area contributed by atoms with Gasteiger partial charge in [0.1, 0.15) is 12.8 Å². The molecule has 0 spiro atoms. The molecule has 0 amide bonds. The minimum Gasteiger partial charge on any atom is -0.377 e. The maximum atomic E-state index is 2.56. The number of hydrogen-bond acceptors (Lipinski definition) is 1. The summed E-state index contributed by atoms with van der Waals surface area (Å²) in [5.74, 6) is 0. The molecule has 3 nitrogen and oxygen atoms in total. The highest BCUT2D eigenvalue weighted by molar-refractivity contribution is 5.99.